The van der Waals surface area contributed by atoms with E-state index in [4.69, 9.17) is 4.74 Å². The van der Waals surface area contributed by atoms with E-state index in [2.05, 4.69) is 19.2 Å². The van der Waals surface area contributed by atoms with Gasteiger partial charge in [-0.05, 0) is 30.4 Å². The maximum absolute atomic E-state index is 12.4. The molecule has 0 bridgehead atoms. The van der Waals surface area contributed by atoms with Crippen LogP contribution in [0.3, 0.4) is 0 Å². The summed E-state index contributed by atoms with van der Waals surface area (Å²) >= 11 is 0. The number of nitrogens with zero attached hydrogens (tertiary/aromatic N) is 1. The first-order valence-electron chi connectivity index (χ1n) is 8.00. The van der Waals surface area contributed by atoms with Crippen molar-refractivity contribution in [3.05, 3.63) is 61.4 Å². The van der Waals surface area contributed by atoms with Crippen LogP contribution in [0.25, 0.3) is 0 Å². The molecule has 2 rings (SSSR count). The SMILES string of the molecule is C=C/C=C(\C=C)COC(=O)N1C=CC=CC1C1CCCCC1. The molecule has 3 nitrogen and oxygen atoms in total. The molecule has 0 aromatic carbocycles. The highest BCUT2D eigenvalue weighted by atomic mass is 16.6. The van der Waals surface area contributed by atoms with Crippen molar-refractivity contribution in [1.29, 1.82) is 0 Å². The molecule has 3 heteroatoms. The Morgan fingerprint density at radius 2 is 2.00 bits per heavy atom. The lowest BCUT2D eigenvalue weighted by atomic mass is 9.82. The zero-order valence-corrected chi connectivity index (χ0v) is 13.1. The minimum Gasteiger partial charge on any atom is -0.444 e. The summed E-state index contributed by atoms with van der Waals surface area (Å²) in [6, 6.07) is 0.119. The van der Waals surface area contributed by atoms with E-state index in [1.54, 1.807) is 23.1 Å². The summed E-state index contributed by atoms with van der Waals surface area (Å²) < 4.78 is 5.42. The van der Waals surface area contributed by atoms with Gasteiger partial charge in [-0.15, -0.1) is 0 Å². The number of allylic oxidation sites excluding steroid dienone is 4. The number of amides is 1. The van der Waals surface area contributed by atoms with Gasteiger partial charge in [0.1, 0.15) is 6.61 Å². The Bertz CT molecular complexity index is 496. The zero-order valence-electron chi connectivity index (χ0n) is 13.1. The highest BCUT2D eigenvalue weighted by Crippen LogP contribution is 2.31. The van der Waals surface area contributed by atoms with E-state index < -0.39 is 0 Å². The van der Waals surface area contributed by atoms with Gasteiger partial charge in [0.25, 0.3) is 0 Å². The molecule has 0 N–H and O–H groups in total. The van der Waals surface area contributed by atoms with Crippen molar-refractivity contribution in [2.24, 2.45) is 5.92 Å². The molecular weight excluding hydrogens is 274 g/mol. The number of hydrogen-bond acceptors (Lipinski definition) is 2. The molecule has 118 valence electrons. The summed E-state index contributed by atoms with van der Waals surface area (Å²) in [6.07, 6.45) is 18.9. The fraction of sp³-hybridized carbons (Fsp3) is 0.421. The van der Waals surface area contributed by atoms with Gasteiger partial charge in [-0.2, -0.15) is 0 Å². The molecule has 0 aromatic rings. The summed E-state index contributed by atoms with van der Waals surface area (Å²) in [5.41, 5.74) is 0.842. The molecule has 1 amide bonds. The van der Waals surface area contributed by atoms with Gasteiger partial charge in [-0.1, -0.05) is 62.8 Å². The molecule has 0 spiro atoms. The van der Waals surface area contributed by atoms with Crippen molar-refractivity contribution in [2.45, 2.75) is 38.1 Å². The fourth-order valence-electron chi connectivity index (χ4n) is 3.10. The molecule has 1 aliphatic heterocycles. The van der Waals surface area contributed by atoms with Gasteiger partial charge in [0.05, 0.1) is 6.04 Å². The molecule has 0 aromatic heterocycles. The van der Waals surface area contributed by atoms with Gasteiger partial charge in [0, 0.05) is 6.20 Å². The number of carbonyl (C=O) groups excluding carboxylic acids is 1. The standard InChI is InChI=1S/C19H25NO2/c1-3-10-16(4-2)15-22-19(21)20-14-9-8-13-18(20)17-11-6-5-7-12-17/h3-4,8-10,13-14,17-18H,1-2,5-7,11-12,15H2/b16-10+. The third kappa shape index (κ3) is 4.23. The van der Waals surface area contributed by atoms with Gasteiger partial charge in [0.2, 0.25) is 0 Å². The van der Waals surface area contributed by atoms with Crippen LogP contribution in [0.15, 0.2) is 61.4 Å². The molecule has 1 heterocycles. The van der Waals surface area contributed by atoms with Crippen LogP contribution in [0.2, 0.25) is 0 Å². The number of ether oxygens (including phenoxy) is 1. The first-order chi connectivity index (χ1) is 10.8. The summed E-state index contributed by atoms with van der Waals surface area (Å²) in [7, 11) is 0. The predicted octanol–water partition coefficient (Wildman–Crippen LogP) is 4.76. The Labute approximate surface area is 133 Å². The summed E-state index contributed by atoms with van der Waals surface area (Å²) in [5, 5.41) is 0. The van der Waals surface area contributed by atoms with E-state index >= 15 is 0 Å². The van der Waals surface area contributed by atoms with Gasteiger partial charge in [-0.25, -0.2) is 4.79 Å². The summed E-state index contributed by atoms with van der Waals surface area (Å²) in [4.78, 5) is 14.1. The topological polar surface area (TPSA) is 29.5 Å². The Hall–Kier alpha value is -2.03. The molecule has 1 fully saturated rings. The second-order valence-corrected chi connectivity index (χ2v) is 5.76. The monoisotopic (exact) mass is 299 g/mol. The third-order valence-electron chi connectivity index (χ3n) is 4.29. The smallest absolute Gasteiger partial charge is 0.414 e. The van der Waals surface area contributed by atoms with Crippen molar-refractivity contribution in [3.63, 3.8) is 0 Å². The van der Waals surface area contributed by atoms with Crippen molar-refractivity contribution in [3.8, 4) is 0 Å². The average molecular weight is 299 g/mol. The molecule has 0 radical (unpaired) electrons. The predicted molar refractivity (Wildman–Crippen MR) is 90.3 cm³/mol. The molecular formula is C19H25NO2. The quantitative estimate of drug-likeness (QED) is 0.685. The Morgan fingerprint density at radius 1 is 1.23 bits per heavy atom. The molecule has 1 aliphatic carbocycles. The lowest BCUT2D eigenvalue weighted by Gasteiger charge is -2.35. The van der Waals surface area contributed by atoms with E-state index in [0.717, 1.165) is 5.57 Å². The van der Waals surface area contributed by atoms with Crippen molar-refractivity contribution in [1.82, 2.24) is 4.90 Å². The highest BCUT2D eigenvalue weighted by Gasteiger charge is 2.30. The first-order valence-corrected chi connectivity index (χ1v) is 8.00. The average Bonchev–Trinajstić information content (AvgIpc) is 2.59. The summed E-state index contributed by atoms with van der Waals surface area (Å²) in [6.45, 7) is 7.58. The number of carbonyl (C=O) groups is 1. The zero-order chi connectivity index (χ0) is 15.8. The number of hydrogen-bond donors (Lipinski definition) is 0. The second kappa shape index (κ2) is 8.42. The molecule has 22 heavy (non-hydrogen) atoms. The van der Waals surface area contributed by atoms with Crippen molar-refractivity contribution < 1.29 is 9.53 Å². The van der Waals surface area contributed by atoms with Crippen LogP contribution >= 0.6 is 0 Å². The van der Waals surface area contributed by atoms with Gasteiger partial charge in [-0.3, -0.25) is 4.90 Å². The van der Waals surface area contributed by atoms with Crippen LogP contribution in [0.1, 0.15) is 32.1 Å². The van der Waals surface area contributed by atoms with Gasteiger partial charge in [0.15, 0.2) is 0 Å². The molecule has 1 unspecified atom stereocenters. The van der Waals surface area contributed by atoms with E-state index in [-0.39, 0.29) is 18.7 Å². The minimum atomic E-state index is -0.298. The maximum Gasteiger partial charge on any atom is 0.414 e. The lowest BCUT2D eigenvalue weighted by Crippen LogP contribution is -2.42. The van der Waals surface area contributed by atoms with Gasteiger partial charge >= 0.3 is 6.09 Å². The van der Waals surface area contributed by atoms with E-state index in [1.807, 2.05) is 18.4 Å². The van der Waals surface area contributed by atoms with Crippen LogP contribution in [-0.2, 0) is 4.74 Å². The minimum absolute atomic E-state index is 0.119. The fourth-order valence-corrected chi connectivity index (χ4v) is 3.10. The van der Waals surface area contributed by atoms with E-state index in [9.17, 15) is 4.79 Å². The highest BCUT2D eigenvalue weighted by molar-refractivity contribution is 5.70. The lowest BCUT2D eigenvalue weighted by molar-refractivity contribution is 0.104. The Kier molecular flexibility index (Phi) is 6.26. The maximum atomic E-state index is 12.4. The summed E-state index contributed by atoms with van der Waals surface area (Å²) in [5.74, 6) is 0.532. The van der Waals surface area contributed by atoms with Crippen LogP contribution in [0, 0.1) is 5.92 Å². The Balaban J connectivity index is 1.98. The van der Waals surface area contributed by atoms with Crippen LogP contribution < -0.4 is 0 Å². The van der Waals surface area contributed by atoms with E-state index in [1.165, 1.54) is 32.1 Å². The van der Waals surface area contributed by atoms with Crippen molar-refractivity contribution >= 4 is 6.09 Å². The van der Waals surface area contributed by atoms with Crippen LogP contribution in [0.4, 0.5) is 4.79 Å². The first kappa shape index (κ1) is 16.3. The van der Waals surface area contributed by atoms with Crippen LogP contribution in [0.5, 0.6) is 0 Å². The molecule has 1 atom stereocenters. The Morgan fingerprint density at radius 3 is 2.68 bits per heavy atom. The van der Waals surface area contributed by atoms with E-state index in [0.29, 0.717) is 5.92 Å². The normalized spacial score (nSPS) is 22.5. The third-order valence-corrected chi connectivity index (χ3v) is 4.29. The van der Waals surface area contributed by atoms with Crippen LogP contribution in [-0.4, -0.2) is 23.6 Å². The second-order valence-electron chi connectivity index (χ2n) is 5.76. The van der Waals surface area contributed by atoms with Crippen molar-refractivity contribution in [2.75, 3.05) is 6.61 Å². The molecule has 1 saturated carbocycles. The molecule has 0 saturated heterocycles. The van der Waals surface area contributed by atoms with Gasteiger partial charge < -0.3 is 4.74 Å². The molecule has 2 aliphatic rings. The largest absolute Gasteiger partial charge is 0.444 e. The number of rotatable bonds is 5.